The van der Waals surface area contributed by atoms with Crippen LogP contribution in [-0.4, -0.2) is 22.6 Å². The third kappa shape index (κ3) is 3.24. The fourth-order valence-electron chi connectivity index (χ4n) is 1.70. The Morgan fingerprint density at radius 1 is 1.50 bits per heavy atom. The number of carbonyl (C=O) groups is 1. The number of nitrogens with one attached hydrogen (secondary N) is 1. The van der Waals surface area contributed by atoms with Crippen molar-refractivity contribution in [3.8, 4) is 5.75 Å². The molecule has 1 amide bonds. The van der Waals surface area contributed by atoms with Gasteiger partial charge in [0.1, 0.15) is 6.54 Å². The van der Waals surface area contributed by atoms with E-state index in [0.717, 1.165) is 5.69 Å². The van der Waals surface area contributed by atoms with Crippen LogP contribution in [0.15, 0.2) is 22.4 Å². The maximum absolute atomic E-state index is 11.9. The van der Waals surface area contributed by atoms with Crippen LogP contribution >= 0.6 is 11.3 Å². The summed E-state index contributed by atoms with van der Waals surface area (Å²) < 4.78 is 6.63. The first kappa shape index (κ1) is 14.3. The lowest BCUT2D eigenvalue weighted by Gasteiger charge is -2.11. The number of thiazole rings is 1. The van der Waals surface area contributed by atoms with Crippen LogP contribution in [0.4, 0.5) is 5.13 Å². The number of methoxy groups -OCH3 is 1. The molecule has 0 fully saturated rings. The molecule has 0 aliphatic heterocycles. The number of hydrogen-bond donors (Lipinski definition) is 1. The Morgan fingerprint density at radius 3 is 2.85 bits per heavy atom. The van der Waals surface area contributed by atoms with E-state index in [4.69, 9.17) is 4.74 Å². The molecule has 2 aromatic heterocycles. The third-order valence-corrected chi connectivity index (χ3v) is 3.58. The van der Waals surface area contributed by atoms with Gasteiger partial charge in [-0.25, -0.2) is 4.98 Å². The van der Waals surface area contributed by atoms with Gasteiger partial charge in [-0.3, -0.25) is 9.59 Å². The van der Waals surface area contributed by atoms with E-state index in [2.05, 4.69) is 10.3 Å². The van der Waals surface area contributed by atoms with Crippen LogP contribution in [0.2, 0.25) is 0 Å². The van der Waals surface area contributed by atoms with Gasteiger partial charge in [0.05, 0.1) is 19.0 Å². The highest BCUT2D eigenvalue weighted by molar-refractivity contribution is 7.13. The molecule has 0 radical (unpaired) electrons. The molecule has 0 aromatic carbocycles. The third-order valence-electron chi connectivity index (χ3n) is 2.71. The Hall–Kier alpha value is -2.15. The summed E-state index contributed by atoms with van der Waals surface area (Å²) in [6.07, 6.45) is 1.53. The van der Waals surface area contributed by atoms with Gasteiger partial charge in [0.25, 0.3) is 0 Å². The molecule has 0 unspecified atom stereocenters. The Labute approximate surface area is 120 Å². The number of nitrogens with zero attached hydrogens (tertiary/aromatic N) is 2. The molecule has 0 aliphatic carbocycles. The molecule has 7 heteroatoms. The molecule has 2 heterocycles. The Kier molecular flexibility index (Phi) is 4.19. The molecule has 0 bridgehead atoms. The Bertz CT molecular complexity index is 690. The lowest BCUT2D eigenvalue weighted by Crippen LogP contribution is -2.21. The number of hydrogen-bond acceptors (Lipinski definition) is 5. The number of rotatable bonds is 4. The number of amides is 1. The number of aryl methyl sites for hydroxylation is 2. The zero-order valence-electron chi connectivity index (χ0n) is 11.5. The topological polar surface area (TPSA) is 73.2 Å². The van der Waals surface area contributed by atoms with Gasteiger partial charge in [-0.05, 0) is 13.8 Å². The molecular weight excluding hydrogens is 278 g/mol. The van der Waals surface area contributed by atoms with E-state index in [0.29, 0.717) is 10.8 Å². The predicted molar refractivity (Wildman–Crippen MR) is 77.5 cm³/mol. The first-order valence-corrected chi connectivity index (χ1v) is 6.84. The van der Waals surface area contributed by atoms with Crippen molar-refractivity contribution in [3.05, 3.63) is 39.3 Å². The second-order valence-electron chi connectivity index (χ2n) is 4.32. The SMILES string of the molecule is COc1cn(CC(=O)Nc2nc(C)cs2)c(C)cc1=O. The number of pyridine rings is 1. The normalized spacial score (nSPS) is 10.3. The zero-order chi connectivity index (χ0) is 14.7. The molecule has 6 nitrogen and oxygen atoms in total. The van der Waals surface area contributed by atoms with Crippen molar-refractivity contribution in [1.82, 2.24) is 9.55 Å². The molecular formula is C13H15N3O3S. The largest absolute Gasteiger partial charge is 0.491 e. The minimum Gasteiger partial charge on any atom is -0.491 e. The monoisotopic (exact) mass is 293 g/mol. The zero-order valence-corrected chi connectivity index (χ0v) is 12.3. The van der Waals surface area contributed by atoms with Crippen LogP contribution < -0.4 is 15.5 Å². The quantitative estimate of drug-likeness (QED) is 0.928. The van der Waals surface area contributed by atoms with Gasteiger partial charge in [0.15, 0.2) is 10.9 Å². The van der Waals surface area contributed by atoms with Crippen molar-refractivity contribution >= 4 is 22.4 Å². The summed E-state index contributed by atoms with van der Waals surface area (Å²) >= 11 is 1.38. The minimum atomic E-state index is -0.201. The van der Waals surface area contributed by atoms with Crippen LogP contribution in [0.25, 0.3) is 0 Å². The van der Waals surface area contributed by atoms with Gasteiger partial charge in [0, 0.05) is 17.1 Å². The maximum Gasteiger partial charge on any atom is 0.246 e. The highest BCUT2D eigenvalue weighted by Crippen LogP contribution is 2.14. The fourth-order valence-corrected chi connectivity index (χ4v) is 2.40. The van der Waals surface area contributed by atoms with E-state index in [9.17, 15) is 9.59 Å². The standard InChI is InChI=1S/C13H15N3O3S/c1-8-7-20-13(14-8)15-12(18)6-16-5-11(19-3)10(17)4-9(16)2/h4-5,7H,6H2,1-3H3,(H,14,15,18). The van der Waals surface area contributed by atoms with E-state index in [1.54, 1.807) is 11.5 Å². The second-order valence-corrected chi connectivity index (χ2v) is 5.18. The first-order valence-electron chi connectivity index (χ1n) is 5.96. The first-order chi connectivity index (χ1) is 9.49. The lowest BCUT2D eigenvalue weighted by molar-refractivity contribution is -0.116. The number of carbonyl (C=O) groups excluding carboxylic acids is 1. The van der Waals surface area contributed by atoms with Gasteiger partial charge in [-0.2, -0.15) is 0 Å². The molecule has 20 heavy (non-hydrogen) atoms. The van der Waals surface area contributed by atoms with E-state index >= 15 is 0 Å². The molecule has 0 aliphatic rings. The Balaban J connectivity index is 2.13. The van der Waals surface area contributed by atoms with Crippen molar-refractivity contribution in [3.63, 3.8) is 0 Å². The average Bonchev–Trinajstić information content (AvgIpc) is 2.78. The van der Waals surface area contributed by atoms with Gasteiger partial charge >= 0.3 is 0 Å². The summed E-state index contributed by atoms with van der Waals surface area (Å²) in [6, 6.07) is 1.44. The maximum atomic E-state index is 11.9. The fraction of sp³-hybridized carbons (Fsp3) is 0.308. The smallest absolute Gasteiger partial charge is 0.246 e. The van der Waals surface area contributed by atoms with Crippen LogP contribution in [0.5, 0.6) is 5.75 Å². The van der Waals surface area contributed by atoms with E-state index in [1.165, 1.54) is 30.7 Å². The molecule has 1 N–H and O–H groups in total. The van der Waals surface area contributed by atoms with Gasteiger partial charge in [-0.15, -0.1) is 11.3 Å². The molecule has 0 saturated carbocycles. The van der Waals surface area contributed by atoms with Crippen molar-refractivity contribution in [1.29, 1.82) is 0 Å². The summed E-state index contributed by atoms with van der Waals surface area (Å²) in [5, 5.41) is 5.15. The van der Waals surface area contributed by atoms with E-state index in [-0.39, 0.29) is 23.6 Å². The molecule has 0 saturated heterocycles. The lowest BCUT2D eigenvalue weighted by atomic mass is 10.3. The number of aromatic nitrogens is 2. The molecule has 0 spiro atoms. The summed E-state index contributed by atoms with van der Waals surface area (Å²) in [6.45, 7) is 3.73. The highest BCUT2D eigenvalue weighted by atomic mass is 32.1. The molecule has 106 valence electrons. The van der Waals surface area contributed by atoms with E-state index < -0.39 is 0 Å². The van der Waals surface area contributed by atoms with E-state index in [1.807, 2.05) is 12.3 Å². The molecule has 0 atom stereocenters. The average molecular weight is 293 g/mol. The molecule has 2 rings (SSSR count). The van der Waals surface area contributed by atoms with Crippen LogP contribution in [0, 0.1) is 13.8 Å². The molecule has 2 aromatic rings. The van der Waals surface area contributed by atoms with Gasteiger partial charge < -0.3 is 14.6 Å². The minimum absolute atomic E-state index is 0.0983. The predicted octanol–water partition coefficient (Wildman–Crippen LogP) is 1.57. The van der Waals surface area contributed by atoms with Crippen molar-refractivity contribution < 1.29 is 9.53 Å². The summed E-state index contributed by atoms with van der Waals surface area (Å²) in [5.74, 6) is 0.0154. The second kappa shape index (κ2) is 5.87. The van der Waals surface area contributed by atoms with Crippen LogP contribution in [-0.2, 0) is 11.3 Å². The number of anilines is 1. The van der Waals surface area contributed by atoms with Crippen molar-refractivity contribution in [2.75, 3.05) is 12.4 Å². The summed E-state index contributed by atoms with van der Waals surface area (Å²) in [4.78, 5) is 27.7. The van der Waals surface area contributed by atoms with Gasteiger partial charge in [0.2, 0.25) is 11.3 Å². The van der Waals surface area contributed by atoms with Crippen molar-refractivity contribution in [2.45, 2.75) is 20.4 Å². The summed E-state index contributed by atoms with van der Waals surface area (Å²) in [5.41, 5.74) is 1.37. The van der Waals surface area contributed by atoms with Crippen LogP contribution in [0.3, 0.4) is 0 Å². The highest BCUT2D eigenvalue weighted by Gasteiger charge is 2.09. The number of ether oxygens (including phenoxy) is 1. The van der Waals surface area contributed by atoms with Gasteiger partial charge in [-0.1, -0.05) is 0 Å². The van der Waals surface area contributed by atoms with Crippen LogP contribution in [0.1, 0.15) is 11.4 Å². The van der Waals surface area contributed by atoms with Crippen molar-refractivity contribution in [2.24, 2.45) is 0 Å². The Morgan fingerprint density at radius 2 is 2.25 bits per heavy atom. The summed E-state index contributed by atoms with van der Waals surface area (Å²) in [7, 11) is 1.43.